The van der Waals surface area contributed by atoms with E-state index in [-0.39, 0.29) is 0 Å². The summed E-state index contributed by atoms with van der Waals surface area (Å²) in [5.74, 6) is 0.485. The van der Waals surface area contributed by atoms with Gasteiger partial charge < -0.3 is 5.11 Å². The molecule has 0 aromatic heterocycles. The Hall–Kier alpha value is -0.790. The minimum atomic E-state index is -0.757. The van der Waals surface area contributed by atoms with Crippen LogP contribution in [0.3, 0.4) is 0 Å². The molecular formula is C12H13ClO. The standard InChI is InChI=1S/C12H13ClO/c13-9-8-12(14)7-3-5-10-4-1-2-6-11(10)12/h1-6,14H,7-9H2. The molecule has 0 aliphatic heterocycles. The first kappa shape index (κ1) is 9.75. The third-order valence-electron chi connectivity index (χ3n) is 2.72. The van der Waals surface area contributed by atoms with Crippen molar-refractivity contribution in [1.82, 2.24) is 0 Å². The molecule has 1 aromatic carbocycles. The van der Waals surface area contributed by atoms with E-state index >= 15 is 0 Å². The molecule has 0 saturated carbocycles. The van der Waals surface area contributed by atoms with E-state index in [1.165, 1.54) is 0 Å². The normalized spacial score (nSPS) is 24.7. The van der Waals surface area contributed by atoms with Gasteiger partial charge >= 0.3 is 0 Å². The van der Waals surface area contributed by atoms with E-state index in [0.29, 0.717) is 18.7 Å². The molecule has 0 radical (unpaired) electrons. The molecule has 14 heavy (non-hydrogen) atoms. The van der Waals surface area contributed by atoms with Crippen LogP contribution >= 0.6 is 11.6 Å². The van der Waals surface area contributed by atoms with Crippen LogP contribution in [0.15, 0.2) is 30.3 Å². The second-order valence-electron chi connectivity index (χ2n) is 3.66. The Bertz CT molecular complexity index is 359. The van der Waals surface area contributed by atoms with Crippen LogP contribution < -0.4 is 0 Å². The molecule has 1 N–H and O–H groups in total. The van der Waals surface area contributed by atoms with Gasteiger partial charge in [-0.25, -0.2) is 0 Å². The van der Waals surface area contributed by atoms with Gasteiger partial charge in [-0.15, -0.1) is 11.6 Å². The highest BCUT2D eigenvalue weighted by Crippen LogP contribution is 2.36. The molecule has 0 spiro atoms. The van der Waals surface area contributed by atoms with Crippen LogP contribution in [0, 0.1) is 0 Å². The van der Waals surface area contributed by atoms with Gasteiger partial charge in [0.2, 0.25) is 0 Å². The summed E-state index contributed by atoms with van der Waals surface area (Å²) in [5.41, 5.74) is 1.35. The lowest BCUT2D eigenvalue weighted by Crippen LogP contribution is -2.28. The Morgan fingerprint density at radius 1 is 1.36 bits per heavy atom. The maximum atomic E-state index is 10.4. The summed E-state index contributed by atoms with van der Waals surface area (Å²) in [7, 11) is 0. The second-order valence-corrected chi connectivity index (χ2v) is 4.04. The lowest BCUT2D eigenvalue weighted by Gasteiger charge is -2.31. The van der Waals surface area contributed by atoms with Crippen LogP contribution in [0.4, 0.5) is 0 Å². The number of hydrogen-bond donors (Lipinski definition) is 1. The summed E-state index contributed by atoms with van der Waals surface area (Å²) in [6.07, 6.45) is 5.33. The van der Waals surface area contributed by atoms with Crippen LogP contribution in [0.5, 0.6) is 0 Å². The molecular weight excluding hydrogens is 196 g/mol. The number of aliphatic hydroxyl groups is 1. The maximum absolute atomic E-state index is 10.4. The molecule has 2 rings (SSSR count). The summed E-state index contributed by atoms with van der Waals surface area (Å²) in [4.78, 5) is 0. The highest BCUT2D eigenvalue weighted by atomic mass is 35.5. The van der Waals surface area contributed by atoms with Crippen molar-refractivity contribution in [2.75, 3.05) is 5.88 Å². The van der Waals surface area contributed by atoms with E-state index in [0.717, 1.165) is 11.1 Å². The third kappa shape index (κ3) is 1.58. The molecule has 0 saturated heterocycles. The van der Waals surface area contributed by atoms with Crippen LogP contribution in [0.25, 0.3) is 6.08 Å². The molecule has 2 heteroatoms. The number of alkyl halides is 1. The first-order valence-electron chi connectivity index (χ1n) is 4.81. The summed E-state index contributed by atoms with van der Waals surface area (Å²) in [6.45, 7) is 0. The van der Waals surface area contributed by atoms with Gasteiger partial charge in [0.1, 0.15) is 0 Å². The average molecular weight is 209 g/mol. The van der Waals surface area contributed by atoms with Crippen molar-refractivity contribution in [2.45, 2.75) is 18.4 Å². The van der Waals surface area contributed by atoms with Crippen molar-refractivity contribution >= 4 is 17.7 Å². The molecule has 1 atom stereocenters. The maximum Gasteiger partial charge on any atom is 0.0948 e. The summed E-state index contributed by atoms with van der Waals surface area (Å²) in [6, 6.07) is 7.93. The molecule has 74 valence electrons. The van der Waals surface area contributed by atoms with Crippen molar-refractivity contribution in [3.05, 3.63) is 41.5 Å². The lowest BCUT2D eigenvalue weighted by atomic mass is 9.81. The smallest absolute Gasteiger partial charge is 0.0948 e. The van der Waals surface area contributed by atoms with Gasteiger partial charge in [0.15, 0.2) is 0 Å². The fourth-order valence-electron chi connectivity index (χ4n) is 1.95. The first-order valence-corrected chi connectivity index (χ1v) is 5.34. The first-order chi connectivity index (χ1) is 6.76. The Morgan fingerprint density at radius 2 is 2.14 bits per heavy atom. The minimum Gasteiger partial charge on any atom is -0.385 e. The number of rotatable bonds is 2. The van der Waals surface area contributed by atoms with Gasteiger partial charge in [0, 0.05) is 5.88 Å². The largest absolute Gasteiger partial charge is 0.385 e. The average Bonchev–Trinajstić information content (AvgIpc) is 2.19. The van der Waals surface area contributed by atoms with Crippen LogP contribution in [0.2, 0.25) is 0 Å². The SMILES string of the molecule is OC1(CCCl)CC=Cc2ccccc21. The Kier molecular flexibility index (Phi) is 2.62. The van der Waals surface area contributed by atoms with Crippen LogP contribution in [-0.4, -0.2) is 11.0 Å². The molecule has 0 bridgehead atoms. The number of halogens is 1. The van der Waals surface area contributed by atoms with Gasteiger partial charge in [-0.1, -0.05) is 36.4 Å². The predicted molar refractivity (Wildman–Crippen MR) is 59.3 cm³/mol. The van der Waals surface area contributed by atoms with Crippen molar-refractivity contribution in [3.8, 4) is 0 Å². The zero-order valence-electron chi connectivity index (χ0n) is 7.91. The molecule has 0 fully saturated rings. The minimum absolute atomic E-state index is 0.485. The molecule has 1 nitrogen and oxygen atoms in total. The zero-order valence-corrected chi connectivity index (χ0v) is 8.67. The van der Waals surface area contributed by atoms with Crippen molar-refractivity contribution in [3.63, 3.8) is 0 Å². The fraction of sp³-hybridized carbons (Fsp3) is 0.333. The molecule has 1 aliphatic rings. The van der Waals surface area contributed by atoms with E-state index in [4.69, 9.17) is 11.6 Å². The van der Waals surface area contributed by atoms with Crippen LogP contribution in [0.1, 0.15) is 24.0 Å². The lowest BCUT2D eigenvalue weighted by molar-refractivity contribution is 0.0352. The molecule has 1 unspecified atom stereocenters. The molecule has 0 heterocycles. The molecule has 0 amide bonds. The topological polar surface area (TPSA) is 20.2 Å². The Morgan fingerprint density at radius 3 is 2.93 bits per heavy atom. The third-order valence-corrected chi connectivity index (χ3v) is 2.91. The summed E-state index contributed by atoms with van der Waals surface area (Å²) < 4.78 is 0. The summed E-state index contributed by atoms with van der Waals surface area (Å²) >= 11 is 5.71. The molecule has 1 aromatic rings. The van der Waals surface area contributed by atoms with E-state index in [2.05, 4.69) is 6.08 Å². The summed E-state index contributed by atoms with van der Waals surface area (Å²) in [5, 5.41) is 10.4. The monoisotopic (exact) mass is 208 g/mol. The van der Waals surface area contributed by atoms with E-state index in [9.17, 15) is 5.11 Å². The van der Waals surface area contributed by atoms with Crippen molar-refractivity contribution in [2.24, 2.45) is 0 Å². The van der Waals surface area contributed by atoms with Crippen LogP contribution in [-0.2, 0) is 5.60 Å². The fourth-order valence-corrected chi connectivity index (χ4v) is 2.26. The van der Waals surface area contributed by atoms with Gasteiger partial charge in [-0.3, -0.25) is 0 Å². The van der Waals surface area contributed by atoms with E-state index in [1.807, 2.05) is 30.3 Å². The van der Waals surface area contributed by atoms with Crippen molar-refractivity contribution < 1.29 is 5.11 Å². The zero-order chi connectivity index (χ0) is 10.0. The highest BCUT2D eigenvalue weighted by molar-refractivity contribution is 6.17. The van der Waals surface area contributed by atoms with Gasteiger partial charge in [0.25, 0.3) is 0 Å². The highest BCUT2D eigenvalue weighted by Gasteiger charge is 2.30. The van der Waals surface area contributed by atoms with Gasteiger partial charge in [0.05, 0.1) is 5.60 Å². The Balaban J connectivity index is 2.44. The van der Waals surface area contributed by atoms with E-state index < -0.39 is 5.60 Å². The number of hydrogen-bond acceptors (Lipinski definition) is 1. The second kappa shape index (κ2) is 3.76. The van der Waals surface area contributed by atoms with Gasteiger partial charge in [-0.2, -0.15) is 0 Å². The Labute approximate surface area is 89.0 Å². The molecule has 1 aliphatic carbocycles. The predicted octanol–water partition coefficient (Wildman–Crippen LogP) is 2.92. The quantitative estimate of drug-likeness (QED) is 0.741. The van der Waals surface area contributed by atoms with E-state index in [1.54, 1.807) is 0 Å². The number of benzene rings is 1. The van der Waals surface area contributed by atoms with Gasteiger partial charge in [-0.05, 0) is 24.0 Å². The number of fused-ring (bicyclic) bond motifs is 1. The van der Waals surface area contributed by atoms with Crippen molar-refractivity contribution in [1.29, 1.82) is 0 Å².